The van der Waals surface area contributed by atoms with E-state index >= 15 is 0 Å². The van der Waals surface area contributed by atoms with E-state index in [4.69, 9.17) is 5.73 Å². The molecule has 0 fully saturated rings. The molecule has 2 aromatic carbocycles. The summed E-state index contributed by atoms with van der Waals surface area (Å²) >= 11 is 0. The minimum absolute atomic E-state index is 0.196. The first-order valence-corrected chi connectivity index (χ1v) is 8.46. The van der Waals surface area contributed by atoms with E-state index in [1.165, 1.54) is 6.33 Å². The maximum Gasteiger partial charge on any atom is 0.253 e. The van der Waals surface area contributed by atoms with Gasteiger partial charge in [-0.1, -0.05) is 36.4 Å². The zero-order valence-electron chi connectivity index (χ0n) is 14.3. The van der Waals surface area contributed by atoms with Crippen LogP contribution in [0.25, 0.3) is 16.4 Å². The molecule has 4 aromatic rings. The Labute approximate surface area is 150 Å². The Balaban J connectivity index is 1.64. The number of benzene rings is 2. The van der Waals surface area contributed by atoms with Crippen molar-refractivity contribution < 1.29 is 4.79 Å². The maximum atomic E-state index is 12.7. The molecular weight excluding hydrogens is 326 g/mol. The van der Waals surface area contributed by atoms with Gasteiger partial charge in [0.05, 0.1) is 11.6 Å². The van der Waals surface area contributed by atoms with Crippen molar-refractivity contribution in [3.63, 3.8) is 0 Å². The molecule has 2 aromatic heterocycles. The molecule has 2 atom stereocenters. The molecule has 0 spiro atoms. The van der Waals surface area contributed by atoms with Crippen molar-refractivity contribution in [3.05, 3.63) is 78.2 Å². The van der Waals surface area contributed by atoms with Gasteiger partial charge in [0.15, 0.2) is 5.65 Å². The third kappa shape index (κ3) is 3.02. The molecule has 0 bridgehead atoms. The predicted molar refractivity (Wildman–Crippen MR) is 101 cm³/mol. The molecule has 2 unspecified atom stereocenters. The van der Waals surface area contributed by atoms with Gasteiger partial charge in [0, 0.05) is 12.2 Å². The van der Waals surface area contributed by atoms with E-state index in [1.807, 2.05) is 31.2 Å². The van der Waals surface area contributed by atoms with Crippen molar-refractivity contribution in [2.75, 3.05) is 0 Å². The van der Waals surface area contributed by atoms with Crippen molar-refractivity contribution in [1.29, 1.82) is 0 Å². The largest absolute Gasteiger partial charge is 0.344 e. The average molecular weight is 345 g/mol. The fraction of sp³-hybridized carbons (Fsp3) is 0.150. The SMILES string of the molecule is CC(N)C(NC(=O)c1ccc2ncnn2c1)c1ccc2ccccc2c1. The zero-order valence-corrected chi connectivity index (χ0v) is 14.3. The molecule has 2 heterocycles. The van der Waals surface area contributed by atoms with Gasteiger partial charge >= 0.3 is 0 Å². The first kappa shape index (κ1) is 16.2. The zero-order chi connectivity index (χ0) is 18.1. The molecule has 130 valence electrons. The number of hydrogen-bond donors (Lipinski definition) is 2. The Kier molecular flexibility index (Phi) is 4.10. The van der Waals surface area contributed by atoms with Crippen LogP contribution >= 0.6 is 0 Å². The van der Waals surface area contributed by atoms with Gasteiger partial charge in [-0.25, -0.2) is 9.50 Å². The molecule has 1 amide bonds. The summed E-state index contributed by atoms with van der Waals surface area (Å²) in [5.41, 5.74) is 8.35. The van der Waals surface area contributed by atoms with Gasteiger partial charge < -0.3 is 11.1 Å². The smallest absolute Gasteiger partial charge is 0.253 e. The molecule has 6 nitrogen and oxygen atoms in total. The van der Waals surface area contributed by atoms with E-state index in [0.717, 1.165) is 16.3 Å². The monoisotopic (exact) mass is 345 g/mol. The Hall–Kier alpha value is -3.25. The van der Waals surface area contributed by atoms with Crippen LogP contribution in [0.5, 0.6) is 0 Å². The van der Waals surface area contributed by atoms with E-state index in [1.54, 1.807) is 22.8 Å². The van der Waals surface area contributed by atoms with Crippen molar-refractivity contribution in [1.82, 2.24) is 19.9 Å². The molecule has 6 heteroatoms. The lowest BCUT2D eigenvalue weighted by molar-refractivity contribution is 0.0931. The summed E-state index contributed by atoms with van der Waals surface area (Å²) in [4.78, 5) is 16.8. The lowest BCUT2D eigenvalue weighted by Gasteiger charge is -2.23. The second kappa shape index (κ2) is 6.57. The van der Waals surface area contributed by atoms with Gasteiger partial charge in [0.2, 0.25) is 0 Å². The molecule has 0 radical (unpaired) electrons. The predicted octanol–water partition coefficient (Wildman–Crippen LogP) is 2.70. The van der Waals surface area contributed by atoms with E-state index in [2.05, 4.69) is 33.6 Å². The van der Waals surface area contributed by atoms with Crippen molar-refractivity contribution in [2.24, 2.45) is 5.73 Å². The first-order chi connectivity index (χ1) is 12.6. The fourth-order valence-electron chi connectivity index (χ4n) is 3.10. The highest BCUT2D eigenvalue weighted by Gasteiger charge is 2.20. The van der Waals surface area contributed by atoms with Crippen LogP contribution in [-0.4, -0.2) is 26.5 Å². The van der Waals surface area contributed by atoms with Gasteiger partial charge in [0.25, 0.3) is 5.91 Å². The fourth-order valence-corrected chi connectivity index (χ4v) is 3.10. The summed E-state index contributed by atoms with van der Waals surface area (Å²) in [6, 6.07) is 17.2. The van der Waals surface area contributed by atoms with Gasteiger partial charge in [-0.15, -0.1) is 0 Å². The quantitative estimate of drug-likeness (QED) is 0.595. The average Bonchev–Trinajstić information content (AvgIpc) is 3.13. The summed E-state index contributed by atoms with van der Waals surface area (Å²) in [7, 11) is 0. The van der Waals surface area contributed by atoms with Crippen LogP contribution in [-0.2, 0) is 0 Å². The van der Waals surface area contributed by atoms with Crippen LogP contribution in [0.3, 0.4) is 0 Å². The highest BCUT2D eigenvalue weighted by Crippen LogP contribution is 2.22. The van der Waals surface area contributed by atoms with Crippen molar-refractivity contribution >= 4 is 22.3 Å². The molecule has 3 N–H and O–H groups in total. The molecule has 4 rings (SSSR count). The lowest BCUT2D eigenvalue weighted by atomic mass is 9.97. The highest BCUT2D eigenvalue weighted by atomic mass is 16.1. The van der Waals surface area contributed by atoms with E-state index < -0.39 is 0 Å². The van der Waals surface area contributed by atoms with Crippen LogP contribution in [0, 0.1) is 0 Å². The number of pyridine rings is 1. The lowest BCUT2D eigenvalue weighted by Crippen LogP contribution is -2.39. The van der Waals surface area contributed by atoms with E-state index in [0.29, 0.717) is 11.2 Å². The standard InChI is InChI=1S/C20H19N5O/c1-13(21)19(16-7-6-14-4-2-3-5-15(14)10-16)24-20(26)17-8-9-18-22-12-23-25(18)11-17/h2-13,19H,21H2,1H3,(H,24,26). The second-order valence-corrected chi connectivity index (χ2v) is 6.40. The van der Waals surface area contributed by atoms with E-state index in [-0.39, 0.29) is 18.0 Å². The van der Waals surface area contributed by atoms with Crippen molar-refractivity contribution in [2.45, 2.75) is 19.0 Å². The number of carbonyl (C=O) groups is 1. The normalized spacial score (nSPS) is 13.6. The van der Waals surface area contributed by atoms with Crippen molar-refractivity contribution in [3.8, 4) is 0 Å². The third-order valence-electron chi connectivity index (χ3n) is 4.48. The topological polar surface area (TPSA) is 85.3 Å². The minimum Gasteiger partial charge on any atom is -0.344 e. The number of carbonyl (C=O) groups excluding carboxylic acids is 1. The number of rotatable bonds is 4. The Morgan fingerprint density at radius 2 is 1.92 bits per heavy atom. The summed E-state index contributed by atoms with van der Waals surface area (Å²) in [5, 5.41) is 9.39. The number of amides is 1. The molecule has 0 aliphatic rings. The van der Waals surface area contributed by atoms with Crippen LogP contribution in [0.1, 0.15) is 28.9 Å². The number of aromatic nitrogens is 3. The van der Waals surface area contributed by atoms with Gasteiger partial charge in [-0.2, -0.15) is 5.10 Å². The summed E-state index contributed by atoms with van der Waals surface area (Å²) in [5.74, 6) is -0.196. The number of nitrogens with one attached hydrogen (secondary N) is 1. The van der Waals surface area contributed by atoms with Crippen LogP contribution < -0.4 is 11.1 Å². The molecule has 0 aliphatic heterocycles. The number of nitrogens with zero attached hydrogens (tertiary/aromatic N) is 3. The Morgan fingerprint density at radius 1 is 1.12 bits per heavy atom. The molecule has 0 saturated carbocycles. The number of fused-ring (bicyclic) bond motifs is 2. The third-order valence-corrected chi connectivity index (χ3v) is 4.48. The minimum atomic E-state index is -0.293. The van der Waals surface area contributed by atoms with Crippen LogP contribution in [0.15, 0.2) is 67.1 Å². The van der Waals surface area contributed by atoms with Gasteiger partial charge in [-0.05, 0) is 41.5 Å². The summed E-state index contributed by atoms with van der Waals surface area (Å²) in [6.07, 6.45) is 3.12. The highest BCUT2D eigenvalue weighted by molar-refractivity contribution is 5.94. The van der Waals surface area contributed by atoms with Gasteiger partial charge in [0.1, 0.15) is 6.33 Å². The number of nitrogens with two attached hydrogens (primary N) is 1. The molecule has 0 saturated heterocycles. The molecular formula is C20H19N5O. The second-order valence-electron chi connectivity index (χ2n) is 6.40. The van der Waals surface area contributed by atoms with E-state index in [9.17, 15) is 4.79 Å². The summed E-state index contributed by atoms with van der Waals surface area (Å²) in [6.45, 7) is 1.89. The Bertz CT molecular complexity index is 1090. The van der Waals surface area contributed by atoms with Crippen LogP contribution in [0.4, 0.5) is 0 Å². The first-order valence-electron chi connectivity index (χ1n) is 8.46. The van der Waals surface area contributed by atoms with Gasteiger partial charge in [-0.3, -0.25) is 4.79 Å². The molecule has 26 heavy (non-hydrogen) atoms. The summed E-state index contributed by atoms with van der Waals surface area (Å²) < 4.78 is 1.58. The number of hydrogen-bond acceptors (Lipinski definition) is 4. The maximum absolute atomic E-state index is 12.7. The van der Waals surface area contributed by atoms with Crippen LogP contribution in [0.2, 0.25) is 0 Å². The molecule has 0 aliphatic carbocycles. The Morgan fingerprint density at radius 3 is 2.73 bits per heavy atom.